The van der Waals surface area contributed by atoms with E-state index < -0.39 is 4.92 Å². The minimum absolute atomic E-state index is 0.0103. The van der Waals surface area contributed by atoms with Gasteiger partial charge in [-0.2, -0.15) is 10.2 Å². The number of nitriles is 1. The third-order valence-electron chi connectivity index (χ3n) is 1.70. The second-order valence-electron chi connectivity index (χ2n) is 3.03. The zero-order valence-corrected chi connectivity index (χ0v) is 10.2. The van der Waals surface area contributed by atoms with Crippen molar-refractivity contribution < 1.29 is 9.66 Å². The molecule has 0 saturated carbocycles. The van der Waals surface area contributed by atoms with Crippen molar-refractivity contribution in [3.8, 4) is 11.3 Å². The van der Waals surface area contributed by atoms with Crippen molar-refractivity contribution in [1.29, 1.82) is 5.26 Å². The molecule has 0 atom stereocenters. The number of aryl methyl sites for hydroxylation is 1. The Morgan fingerprint density at radius 2 is 2.29 bits per heavy atom. The van der Waals surface area contributed by atoms with Crippen molar-refractivity contribution in [3.05, 3.63) is 15.9 Å². The maximum atomic E-state index is 10.9. The van der Waals surface area contributed by atoms with Gasteiger partial charge < -0.3 is 4.74 Å². The van der Waals surface area contributed by atoms with Gasteiger partial charge in [-0.3, -0.25) is 10.1 Å². The maximum absolute atomic E-state index is 10.9. The van der Waals surface area contributed by atoms with E-state index in [2.05, 4.69) is 9.97 Å². The van der Waals surface area contributed by atoms with Crippen LogP contribution in [0, 0.1) is 27.7 Å². The van der Waals surface area contributed by atoms with Crippen molar-refractivity contribution >= 4 is 17.4 Å². The summed E-state index contributed by atoms with van der Waals surface area (Å²) in [4.78, 5) is 18.0. The molecule has 90 valence electrons. The van der Waals surface area contributed by atoms with Crippen LogP contribution in [0.1, 0.15) is 19.2 Å². The van der Waals surface area contributed by atoms with E-state index in [9.17, 15) is 10.1 Å². The quantitative estimate of drug-likeness (QED) is 0.260. The van der Waals surface area contributed by atoms with Gasteiger partial charge in [-0.25, -0.2) is 4.98 Å². The largest absolute Gasteiger partial charge is 0.473 e. The fourth-order valence-electron chi connectivity index (χ4n) is 1.09. The smallest absolute Gasteiger partial charge is 0.363 e. The Morgan fingerprint density at radius 3 is 2.82 bits per heavy atom. The molecule has 0 amide bonds. The SMILES string of the molecule is CCCOc1nc(C)nc(SC#N)c1[N+](=O)[O-]. The minimum Gasteiger partial charge on any atom is -0.473 e. The molecule has 8 heteroatoms. The third-order valence-corrected chi connectivity index (χ3v) is 2.27. The van der Waals surface area contributed by atoms with Crippen molar-refractivity contribution in [3.63, 3.8) is 0 Å². The van der Waals surface area contributed by atoms with Gasteiger partial charge >= 0.3 is 5.69 Å². The molecule has 7 nitrogen and oxygen atoms in total. The number of rotatable bonds is 5. The number of aromatic nitrogens is 2. The van der Waals surface area contributed by atoms with Crippen molar-refractivity contribution in [2.45, 2.75) is 25.3 Å². The summed E-state index contributed by atoms with van der Waals surface area (Å²) in [5, 5.41) is 21.3. The topological polar surface area (TPSA) is 102 Å². The first-order valence-electron chi connectivity index (χ1n) is 4.81. The lowest BCUT2D eigenvalue weighted by atomic mass is 10.5. The molecule has 0 aromatic carbocycles. The molecular weight excluding hydrogens is 244 g/mol. The highest BCUT2D eigenvalue weighted by Gasteiger charge is 2.25. The molecule has 0 saturated heterocycles. The van der Waals surface area contributed by atoms with E-state index >= 15 is 0 Å². The first-order valence-corrected chi connectivity index (χ1v) is 5.63. The van der Waals surface area contributed by atoms with Crippen LogP contribution in [-0.4, -0.2) is 21.5 Å². The molecule has 17 heavy (non-hydrogen) atoms. The van der Waals surface area contributed by atoms with E-state index in [1.54, 1.807) is 12.3 Å². The lowest BCUT2D eigenvalue weighted by molar-refractivity contribution is -0.389. The van der Waals surface area contributed by atoms with Gasteiger partial charge in [-0.05, 0) is 13.3 Å². The fourth-order valence-corrected chi connectivity index (χ4v) is 1.61. The lowest BCUT2D eigenvalue weighted by Gasteiger charge is -2.06. The van der Waals surface area contributed by atoms with Crippen LogP contribution < -0.4 is 4.74 Å². The van der Waals surface area contributed by atoms with E-state index in [0.717, 1.165) is 0 Å². The normalized spacial score (nSPS) is 9.71. The van der Waals surface area contributed by atoms with E-state index in [1.165, 1.54) is 0 Å². The summed E-state index contributed by atoms with van der Waals surface area (Å²) >= 11 is 0.625. The zero-order chi connectivity index (χ0) is 12.8. The number of nitrogens with zero attached hydrogens (tertiary/aromatic N) is 4. The number of nitro groups is 1. The number of hydrogen-bond acceptors (Lipinski definition) is 7. The molecule has 0 radical (unpaired) electrons. The van der Waals surface area contributed by atoms with Gasteiger partial charge in [0.2, 0.25) is 0 Å². The molecule has 0 bridgehead atoms. The molecule has 1 aromatic heterocycles. The Morgan fingerprint density at radius 1 is 1.59 bits per heavy atom. The number of thioether (sulfide) groups is 1. The van der Waals surface area contributed by atoms with Crippen LogP contribution in [0.15, 0.2) is 5.03 Å². The molecule has 0 N–H and O–H groups in total. The van der Waals surface area contributed by atoms with Gasteiger partial charge in [-0.1, -0.05) is 6.92 Å². The molecule has 1 heterocycles. The summed E-state index contributed by atoms with van der Waals surface area (Å²) in [6, 6.07) is 0. The lowest BCUT2D eigenvalue weighted by Crippen LogP contribution is -2.05. The van der Waals surface area contributed by atoms with Gasteiger partial charge in [0.15, 0.2) is 5.03 Å². The summed E-state index contributed by atoms with van der Waals surface area (Å²) in [7, 11) is 0. The van der Waals surface area contributed by atoms with Crippen molar-refractivity contribution in [2.75, 3.05) is 6.61 Å². The first kappa shape index (κ1) is 13.2. The summed E-state index contributed by atoms with van der Waals surface area (Å²) in [5.74, 6) is 0.251. The predicted molar refractivity (Wildman–Crippen MR) is 60.7 cm³/mol. The standard InChI is InChI=1S/C9H10N4O3S/c1-3-4-16-8-7(13(14)15)9(17-5-10)12-6(2)11-8/h3-4H2,1-2H3. The molecule has 0 fully saturated rings. The maximum Gasteiger partial charge on any atom is 0.363 e. The fraction of sp³-hybridized carbons (Fsp3) is 0.444. The van der Waals surface area contributed by atoms with Gasteiger partial charge in [-0.15, -0.1) is 0 Å². The number of thiocyanates is 1. The number of hydrogen-bond donors (Lipinski definition) is 0. The zero-order valence-electron chi connectivity index (χ0n) is 9.34. The Hall–Kier alpha value is -1.88. The van der Waals surface area contributed by atoms with E-state index in [1.807, 2.05) is 6.92 Å². The molecule has 1 aromatic rings. The van der Waals surface area contributed by atoms with Crippen molar-refractivity contribution in [1.82, 2.24) is 9.97 Å². The van der Waals surface area contributed by atoms with Crippen LogP contribution >= 0.6 is 11.8 Å². The van der Waals surface area contributed by atoms with Crippen LogP contribution in [0.5, 0.6) is 5.88 Å². The Bertz CT molecular complexity index is 472. The first-order chi connectivity index (χ1) is 8.10. The molecule has 0 spiro atoms. The van der Waals surface area contributed by atoms with Crippen LogP contribution in [0.3, 0.4) is 0 Å². The van der Waals surface area contributed by atoms with E-state index in [0.29, 0.717) is 30.6 Å². The highest BCUT2D eigenvalue weighted by molar-refractivity contribution is 8.03. The minimum atomic E-state index is -0.635. The Labute approximate surface area is 102 Å². The highest BCUT2D eigenvalue weighted by Crippen LogP contribution is 2.34. The van der Waals surface area contributed by atoms with Crippen LogP contribution in [0.4, 0.5) is 5.69 Å². The average molecular weight is 254 g/mol. The van der Waals surface area contributed by atoms with E-state index in [4.69, 9.17) is 10.00 Å². The van der Waals surface area contributed by atoms with Gasteiger partial charge in [0.25, 0.3) is 5.88 Å². The summed E-state index contributed by atoms with van der Waals surface area (Å²) in [6.07, 6.45) is 0.709. The molecule has 0 aliphatic heterocycles. The van der Waals surface area contributed by atoms with Crippen LogP contribution in [0.25, 0.3) is 0 Å². The van der Waals surface area contributed by atoms with E-state index in [-0.39, 0.29) is 16.6 Å². The summed E-state index contributed by atoms with van der Waals surface area (Å²) < 4.78 is 5.20. The second-order valence-corrected chi connectivity index (χ2v) is 3.80. The second kappa shape index (κ2) is 6.00. The molecule has 1 rings (SSSR count). The molecule has 0 aliphatic rings. The Balaban J connectivity index is 3.25. The predicted octanol–water partition coefficient (Wildman–Crippen LogP) is 2.06. The molecule has 0 unspecified atom stereocenters. The monoisotopic (exact) mass is 254 g/mol. The summed E-state index contributed by atoms with van der Waals surface area (Å²) in [6.45, 7) is 3.79. The average Bonchev–Trinajstić information content (AvgIpc) is 2.25. The summed E-state index contributed by atoms with van der Waals surface area (Å²) in [5.41, 5.74) is -0.351. The van der Waals surface area contributed by atoms with Gasteiger partial charge in [0, 0.05) is 11.8 Å². The molecular formula is C9H10N4O3S. The van der Waals surface area contributed by atoms with Crippen molar-refractivity contribution in [2.24, 2.45) is 0 Å². The third kappa shape index (κ3) is 3.29. The van der Waals surface area contributed by atoms with Crippen LogP contribution in [-0.2, 0) is 0 Å². The van der Waals surface area contributed by atoms with Gasteiger partial charge in [0.05, 0.1) is 11.5 Å². The van der Waals surface area contributed by atoms with Crippen LogP contribution in [0.2, 0.25) is 0 Å². The number of ether oxygens (including phenoxy) is 1. The Kier molecular flexibility index (Phi) is 4.66. The highest BCUT2D eigenvalue weighted by atomic mass is 32.2. The van der Waals surface area contributed by atoms with Gasteiger partial charge in [0.1, 0.15) is 11.2 Å². The molecule has 0 aliphatic carbocycles.